The van der Waals surface area contributed by atoms with Gasteiger partial charge in [0, 0.05) is 23.3 Å². The lowest BCUT2D eigenvalue weighted by Crippen LogP contribution is -2.45. The van der Waals surface area contributed by atoms with Crippen LogP contribution in [0.4, 0.5) is 5.69 Å². The van der Waals surface area contributed by atoms with Gasteiger partial charge in [-0.2, -0.15) is 5.10 Å². The molecule has 0 radical (unpaired) electrons. The van der Waals surface area contributed by atoms with Crippen LogP contribution in [0.2, 0.25) is 10.0 Å². The van der Waals surface area contributed by atoms with Crippen molar-refractivity contribution in [2.75, 3.05) is 11.9 Å². The minimum absolute atomic E-state index is 0.133. The van der Waals surface area contributed by atoms with Crippen LogP contribution >= 0.6 is 23.2 Å². The van der Waals surface area contributed by atoms with E-state index in [1.54, 1.807) is 18.3 Å². The Hall–Kier alpha value is -2.04. The molecular weight excluding hydrogens is 381 g/mol. The molecule has 6 heteroatoms. The molecule has 1 aliphatic rings. The van der Waals surface area contributed by atoms with Crippen LogP contribution in [-0.2, 0) is 0 Å². The van der Waals surface area contributed by atoms with Gasteiger partial charge in [-0.15, -0.1) is 0 Å². The maximum Gasteiger partial charge on any atom is 0.272 e. The lowest BCUT2D eigenvalue weighted by Gasteiger charge is -2.45. The number of hydrogen-bond donors (Lipinski definition) is 1. The Balaban J connectivity index is 1.75. The first kappa shape index (κ1) is 19.7. The number of benzene rings is 2. The van der Waals surface area contributed by atoms with E-state index >= 15 is 0 Å². The zero-order chi connectivity index (χ0) is 19.8. The molecule has 1 unspecified atom stereocenters. The minimum Gasteiger partial charge on any atom is -0.369 e. The van der Waals surface area contributed by atoms with E-state index < -0.39 is 0 Å². The molecule has 0 fully saturated rings. The monoisotopic (exact) mass is 403 g/mol. The van der Waals surface area contributed by atoms with Gasteiger partial charge in [-0.25, -0.2) is 5.43 Å². The van der Waals surface area contributed by atoms with E-state index in [4.69, 9.17) is 23.2 Å². The van der Waals surface area contributed by atoms with E-state index in [1.807, 2.05) is 6.07 Å². The van der Waals surface area contributed by atoms with E-state index in [9.17, 15) is 4.79 Å². The van der Waals surface area contributed by atoms with Gasteiger partial charge < -0.3 is 4.90 Å². The van der Waals surface area contributed by atoms with Gasteiger partial charge in [0.1, 0.15) is 0 Å². The fourth-order valence-corrected chi connectivity index (χ4v) is 4.07. The maximum absolute atomic E-state index is 12.2. The number of fused-ring (bicyclic) bond motifs is 1. The second kappa shape index (κ2) is 7.53. The number of hydrazone groups is 1. The van der Waals surface area contributed by atoms with Crippen LogP contribution in [0.15, 0.2) is 41.5 Å². The fraction of sp³-hybridized carbons (Fsp3) is 0.333. The molecule has 4 nitrogen and oxygen atoms in total. The molecule has 1 atom stereocenters. The Morgan fingerprint density at radius 3 is 2.70 bits per heavy atom. The number of anilines is 1. The molecule has 1 amide bonds. The highest BCUT2D eigenvalue weighted by atomic mass is 35.5. The minimum atomic E-state index is -0.374. The van der Waals surface area contributed by atoms with Crippen LogP contribution in [-0.4, -0.2) is 24.7 Å². The van der Waals surface area contributed by atoms with Crippen molar-refractivity contribution >= 4 is 41.0 Å². The number of halogens is 2. The van der Waals surface area contributed by atoms with Gasteiger partial charge >= 0.3 is 0 Å². The third-order valence-corrected chi connectivity index (χ3v) is 5.76. The molecule has 2 aromatic carbocycles. The number of nitrogens with zero attached hydrogens (tertiary/aromatic N) is 2. The summed E-state index contributed by atoms with van der Waals surface area (Å²) in [6.07, 6.45) is 2.73. The summed E-state index contributed by atoms with van der Waals surface area (Å²) in [4.78, 5) is 14.5. The zero-order valence-electron chi connectivity index (χ0n) is 15.9. The van der Waals surface area contributed by atoms with E-state index in [-0.39, 0.29) is 11.4 Å². The van der Waals surface area contributed by atoms with Gasteiger partial charge in [0.25, 0.3) is 5.91 Å². The molecule has 0 saturated heterocycles. The summed E-state index contributed by atoms with van der Waals surface area (Å²) in [7, 11) is 2.13. The number of carbonyl (C=O) groups excluding carboxylic acids is 1. The highest BCUT2D eigenvalue weighted by Gasteiger charge is 2.33. The van der Waals surface area contributed by atoms with Gasteiger partial charge in [-0.05, 0) is 67.6 Å². The molecule has 1 N–H and O–H groups in total. The van der Waals surface area contributed by atoms with E-state index in [0.29, 0.717) is 21.5 Å². The predicted octanol–water partition coefficient (Wildman–Crippen LogP) is 5.48. The Morgan fingerprint density at radius 1 is 1.26 bits per heavy atom. The summed E-state index contributed by atoms with van der Waals surface area (Å²) < 4.78 is 0. The average molecular weight is 404 g/mol. The van der Waals surface area contributed by atoms with Gasteiger partial charge in [-0.3, -0.25) is 4.79 Å². The van der Waals surface area contributed by atoms with Crippen LogP contribution in [0.3, 0.4) is 0 Å². The van der Waals surface area contributed by atoms with Crippen molar-refractivity contribution < 1.29 is 4.79 Å². The van der Waals surface area contributed by atoms with Gasteiger partial charge in [0.2, 0.25) is 0 Å². The van der Waals surface area contributed by atoms with Crippen LogP contribution in [0.1, 0.15) is 54.6 Å². The summed E-state index contributed by atoms with van der Waals surface area (Å²) in [5, 5.41) is 4.85. The van der Waals surface area contributed by atoms with E-state index in [0.717, 1.165) is 12.0 Å². The first-order valence-corrected chi connectivity index (χ1v) is 9.61. The van der Waals surface area contributed by atoms with Crippen molar-refractivity contribution in [1.82, 2.24) is 5.43 Å². The highest BCUT2D eigenvalue weighted by molar-refractivity contribution is 6.36. The zero-order valence-corrected chi connectivity index (χ0v) is 17.4. The molecule has 142 valence electrons. The van der Waals surface area contributed by atoms with Crippen molar-refractivity contribution in [3.05, 3.63) is 63.1 Å². The number of rotatable bonds is 3. The Labute approximate surface area is 170 Å². The summed E-state index contributed by atoms with van der Waals surface area (Å²) in [5.74, 6) is 0.0859. The lowest BCUT2D eigenvalue weighted by atomic mass is 9.80. The second-order valence-corrected chi connectivity index (χ2v) is 8.46. The SMILES string of the molecule is CC1CC(C)(C)N(C)c2ccc(/C=N\NC(=O)c3ccc(Cl)cc3Cl)cc21. The number of nitrogens with one attached hydrogen (secondary N) is 1. The maximum atomic E-state index is 12.2. The molecule has 0 aromatic heterocycles. The van der Waals surface area contributed by atoms with Crippen LogP contribution in [0.5, 0.6) is 0 Å². The molecule has 2 aromatic rings. The number of hydrogen-bond acceptors (Lipinski definition) is 3. The Bertz CT molecular complexity index is 908. The van der Waals surface area contributed by atoms with E-state index in [1.165, 1.54) is 17.3 Å². The molecule has 0 aliphatic carbocycles. The van der Waals surface area contributed by atoms with E-state index in [2.05, 4.69) is 55.4 Å². The third-order valence-electron chi connectivity index (χ3n) is 5.21. The molecule has 3 rings (SSSR count). The van der Waals surface area contributed by atoms with Crippen molar-refractivity contribution in [2.24, 2.45) is 5.10 Å². The summed E-state index contributed by atoms with van der Waals surface area (Å²) in [6, 6.07) is 11.0. The predicted molar refractivity (Wildman–Crippen MR) is 113 cm³/mol. The Morgan fingerprint density at radius 2 is 2.00 bits per heavy atom. The largest absolute Gasteiger partial charge is 0.369 e. The van der Waals surface area contributed by atoms with Gasteiger partial charge in [0.05, 0.1) is 16.8 Å². The quantitative estimate of drug-likeness (QED) is 0.544. The second-order valence-electron chi connectivity index (χ2n) is 7.62. The highest BCUT2D eigenvalue weighted by Crippen LogP contribution is 2.42. The molecule has 0 spiro atoms. The molecule has 0 bridgehead atoms. The van der Waals surface area contributed by atoms with Crippen LogP contribution in [0.25, 0.3) is 0 Å². The number of amides is 1. The lowest BCUT2D eigenvalue weighted by molar-refractivity contribution is 0.0955. The fourth-order valence-electron chi connectivity index (χ4n) is 3.58. The molecular formula is C21H23Cl2N3O. The number of carbonyl (C=O) groups is 1. The van der Waals surface area contributed by atoms with Crippen molar-refractivity contribution in [1.29, 1.82) is 0 Å². The van der Waals surface area contributed by atoms with Crippen LogP contribution in [0, 0.1) is 0 Å². The molecule has 1 aliphatic heterocycles. The van der Waals surface area contributed by atoms with Crippen molar-refractivity contribution in [3.63, 3.8) is 0 Å². The third kappa shape index (κ3) is 4.12. The first-order chi connectivity index (χ1) is 12.7. The molecule has 1 heterocycles. The summed E-state index contributed by atoms with van der Waals surface area (Å²) in [6.45, 7) is 6.78. The smallest absolute Gasteiger partial charge is 0.272 e. The van der Waals surface area contributed by atoms with Crippen molar-refractivity contribution in [2.45, 2.75) is 38.6 Å². The summed E-state index contributed by atoms with van der Waals surface area (Å²) >= 11 is 11.9. The first-order valence-electron chi connectivity index (χ1n) is 8.85. The van der Waals surface area contributed by atoms with Gasteiger partial charge in [0.15, 0.2) is 0 Å². The van der Waals surface area contributed by atoms with Gasteiger partial charge in [-0.1, -0.05) is 36.2 Å². The average Bonchev–Trinajstić information content (AvgIpc) is 2.59. The summed E-state index contributed by atoms with van der Waals surface area (Å²) in [5.41, 5.74) is 6.46. The van der Waals surface area contributed by atoms with Crippen molar-refractivity contribution in [3.8, 4) is 0 Å². The van der Waals surface area contributed by atoms with Crippen LogP contribution < -0.4 is 10.3 Å². The normalized spacial score (nSPS) is 18.4. The molecule has 0 saturated carbocycles. The standard InChI is InChI=1S/C21H23Cl2N3O/c1-13-11-21(2,3)26(4)19-8-5-14(9-17(13)19)12-24-25-20(27)16-7-6-15(22)10-18(16)23/h5-10,12-13H,11H2,1-4H3,(H,25,27)/b24-12-. The topological polar surface area (TPSA) is 44.7 Å². The molecule has 27 heavy (non-hydrogen) atoms. The Kier molecular flexibility index (Phi) is 5.50.